The first kappa shape index (κ1) is 18.0. The summed E-state index contributed by atoms with van der Waals surface area (Å²) in [6, 6.07) is 6.62. The lowest BCUT2D eigenvalue weighted by Crippen LogP contribution is -2.30. The zero-order chi connectivity index (χ0) is 17.0. The Hall–Kier alpha value is -1.36. The monoisotopic (exact) mass is 337 g/mol. The number of carbonyl (C=O) groups excluding carboxylic acids is 1. The van der Waals surface area contributed by atoms with Gasteiger partial charge in [0.05, 0.1) is 5.75 Å². The summed E-state index contributed by atoms with van der Waals surface area (Å²) >= 11 is 0. The Kier molecular flexibility index (Phi) is 5.84. The van der Waals surface area contributed by atoms with Crippen LogP contribution in [0.15, 0.2) is 18.2 Å². The maximum absolute atomic E-state index is 12.1. The molecule has 0 saturated carbocycles. The quantitative estimate of drug-likeness (QED) is 0.831. The first-order chi connectivity index (χ1) is 10.8. The van der Waals surface area contributed by atoms with Crippen molar-refractivity contribution >= 4 is 15.7 Å². The van der Waals surface area contributed by atoms with E-state index >= 15 is 0 Å². The number of amides is 1. The summed E-state index contributed by atoms with van der Waals surface area (Å²) in [6.45, 7) is 4.44. The van der Waals surface area contributed by atoms with Gasteiger partial charge in [-0.15, -0.1) is 0 Å². The van der Waals surface area contributed by atoms with Crippen LogP contribution >= 0.6 is 0 Å². The van der Waals surface area contributed by atoms with Crippen LogP contribution in [0.1, 0.15) is 49.3 Å². The van der Waals surface area contributed by atoms with Crippen molar-refractivity contribution in [2.45, 2.75) is 45.4 Å². The molecule has 0 spiro atoms. The molecule has 0 fully saturated rings. The topological polar surface area (TPSA) is 63.2 Å². The SMILES string of the molecule is CC(C)C(CC(=O)NCCS(C)(=O)=O)c1ccc2c(c1)CCC2. The molecule has 23 heavy (non-hydrogen) atoms. The maximum Gasteiger partial charge on any atom is 0.220 e. The summed E-state index contributed by atoms with van der Waals surface area (Å²) in [6.07, 6.45) is 5.10. The van der Waals surface area contributed by atoms with Crippen molar-refractivity contribution < 1.29 is 13.2 Å². The van der Waals surface area contributed by atoms with Gasteiger partial charge in [0.2, 0.25) is 5.91 Å². The molecule has 0 heterocycles. The molecular formula is C18H27NO3S. The van der Waals surface area contributed by atoms with Gasteiger partial charge >= 0.3 is 0 Å². The third-order valence-electron chi connectivity index (χ3n) is 4.56. The lowest BCUT2D eigenvalue weighted by molar-refractivity contribution is -0.121. The standard InChI is InChI=1S/C18H27NO3S/c1-13(2)17(12-18(20)19-9-10-23(3,21)22)16-8-7-14-5-4-6-15(14)11-16/h7-8,11,13,17H,4-6,9-10,12H2,1-3H3,(H,19,20). The Labute approximate surface area is 139 Å². The third-order valence-corrected chi connectivity index (χ3v) is 5.50. The van der Waals surface area contributed by atoms with Gasteiger partial charge in [-0.25, -0.2) is 8.42 Å². The van der Waals surface area contributed by atoms with Crippen LogP contribution in [-0.4, -0.2) is 32.9 Å². The molecule has 1 aromatic carbocycles. The Morgan fingerprint density at radius 2 is 1.91 bits per heavy atom. The number of sulfone groups is 1. The average Bonchev–Trinajstić information content (AvgIpc) is 2.90. The van der Waals surface area contributed by atoms with Gasteiger partial charge in [-0.1, -0.05) is 32.0 Å². The highest BCUT2D eigenvalue weighted by Crippen LogP contribution is 2.32. The Morgan fingerprint density at radius 1 is 1.22 bits per heavy atom. The van der Waals surface area contributed by atoms with Gasteiger partial charge in [-0.05, 0) is 47.8 Å². The van der Waals surface area contributed by atoms with Crippen molar-refractivity contribution in [3.8, 4) is 0 Å². The van der Waals surface area contributed by atoms with E-state index in [1.807, 2.05) is 0 Å². The van der Waals surface area contributed by atoms with Crippen LogP contribution in [0, 0.1) is 5.92 Å². The molecule has 4 nitrogen and oxygen atoms in total. The lowest BCUT2D eigenvalue weighted by Gasteiger charge is -2.22. The third kappa shape index (κ3) is 5.34. The van der Waals surface area contributed by atoms with Crippen LogP contribution in [0.3, 0.4) is 0 Å². The lowest BCUT2D eigenvalue weighted by atomic mass is 9.84. The van der Waals surface area contributed by atoms with Crippen molar-refractivity contribution in [2.24, 2.45) is 5.92 Å². The molecule has 1 aliphatic rings. The van der Waals surface area contributed by atoms with E-state index in [1.54, 1.807) is 0 Å². The van der Waals surface area contributed by atoms with E-state index in [2.05, 4.69) is 37.4 Å². The molecule has 1 unspecified atom stereocenters. The van der Waals surface area contributed by atoms with E-state index < -0.39 is 9.84 Å². The summed E-state index contributed by atoms with van der Waals surface area (Å²) in [4.78, 5) is 12.1. The average molecular weight is 337 g/mol. The largest absolute Gasteiger partial charge is 0.355 e. The van der Waals surface area contributed by atoms with E-state index in [1.165, 1.54) is 29.4 Å². The van der Waals surface area contributed by atoms with Crippen molar-refractivity contribution in [3.63, 3.8) is 0 Å². The fourth-order valence-corrected chi connectivity index (χ4v) is 3.68. The summed E-state index contributed by atoms with van der Waals surface area (Å²) in [5.74, 6) is 0.436. The molecule has 1 N–H and O–H groups in total. The fraction of sp³-hybridized carbons (Fsp3) is 0.611. The van der Waals surface area contributed by atoms with Crippen LogP contribution in [0.25, 0.3) is 0 Å². The molecule has 1 atom stereocenters. The predicted octanol–water partition coefficient (Wildman–Crippen LogP) is 2.47. The van der Waals surface area contributed by atoms with Gasteiger partial charge in [0, 0.05) is 19.2 Å². The highest BCUT2D eigenvalue weighted by molar-refractivity contribution is 7.90. The fourth-order valence-electron chi connectivity index (χ4n) is 3.21. The first-order valence-corrected chi connectivity index (χ1v) is 10.4. The van der Waals surface area contributed by atoms with Crippen LogP contribution in [-0.2, 0) is 27.5 Å². The smallest absolute Gasteiger partial charge is 0.220 e. The number of rotatable bonds is 7. The Balaban J connectivity index is 2.00. The highest BCUT2D eigenvalue weighted by atomic mass is 32.2. The Bertz CT molecular complexity index is 665. The maximum atomic E-state index is 12.1. The van der Waals surface area contributed by atoms with Crippen LogP contribution in [0.4, 0.5) is 0 Å². The van der Waals surface area contributed by atoms with Gasteiger partial charge < -0.3 is 5.32 Å². The second kappa shape index (κ2) is 7.47. The van der Waals surface area contributed by atoms with Gasteiger partial charge in [-0.2, -0.15) is 0 Å². The van der Waals surface area contributed by atoms with E-state index in [0.29, 0.717) is 12.3 Å². The molecule has 1 aromatic rings. The van der Waals surface area contributed by atoms with Crippen molar-refractivity contribution in [3.05, 3.63) is 34.9 Å². The number of benzene rings is 1. The molecule has 0 bridgehead atoms. The summed E-state index contributed by atoms with van der Waals surface area (Å²) in [5, 5.41) is 2.73. The molecule has 1 amide bonds. The van der Waals surface area contributed by atoms with Crippen molar-refractivity contribution in [2.75, 3.05) is 18.6 Å². The number of carbonyl (C=O) groups is 1. The van der Waals surface area contributed by atoms with E-state index in [-0.39, 0.29) is 24.1 Å². The normalized spacial score (nSPS) is 15.5. The number of fused-ring (bicyclic) bond motifs is 1. The zero-order valence-electron chi connectivity index (χ0n) is 14.3. The minimum Gasteiger partial charge on any atom is -0.355 e. The van der Waals surface area contributed by atoms with Crippen molar-refractivity contribution in [1.82, 2.24) is 5.32 Å². The summed E-state index contributed by atoms with van der Waals surface area (Å²) in [7, 11) is -3.04. The number of hydrogen-bond donors (Lipinski definition) is 1. The molecular weight excluding hydrogens is 310 g/mol. The second-order valence-electron chi connectivity index (χ2n) is 6.92. The summed E-state index contributed by atoms with van der Waals surface area (Å²) in [5.41, 5.74) is 4.08. The molecule has 128 valence electrons. The van der Waals surface area contributed by atoms with Crippen LogP contribution in [0.5, 0.6) is 0 Å². The number of aryl methyl sites for hydroxylation is 2. The molecule has 5 heteroatoms. The molecule has 1 aliphatic carbocycles. The van der Waals surface area contributed by atoms with Crippen LogP contribution < -0.4 is 5.32 Å². The first-order valence-electron chi connectivity index (χ1n) is 8.32. The molecule has 0 aliphatic heterocycles. The number of hydrogen-bond acceptors (Lipinski definition) is 3. The Morgan fingerprint density at radius 3 is 2.57 bits per heavy atom. The van der Waals surface area contributed by atoms with E-state index in [0.717, 1.165) is 12.8 Å². The predicted molar refractivity (Wildman–Crippen MR) is 93.4 cm³/mol. The highest BCUT2D eigenvalue weighted by Gasteiger charge is 2.21. The number of nitrogens with one attached hydrogen (secondary N) is 1. The van der Waals surface area contributed by atoms with Gasteiger partial charge in [-0.3, -0.25) is 4.79 Å². The van der Waals surface area contributed by atoms with Gasteiger partial charge in [0.25, 0.3) is 0 Å². The minimum atomic E-state index is -3.04. The van der Waals surface area contributed by atoms with Crippen molar-refractivity contribution in [1.29, 1.82) is 0 Å². The summed E-state index contributed by atoms with van der Waals surface area (Å²) < 4.78 is 22.2. The van der Waals surface area contributed by atoms with Gasteiger partial charge in [0.1, 0.15) is 9.84 Å². The molecule has 0 aromatic heterocycles. The molecule has 0 radical (unpaired) electrons. The molecule has 0 saturated heterocycles. The van der Waals surface area contributed by atoms with E-state index in [9.17, 15) is 13.2 Å². The van der Waals surface area contributed by atoms with Crippen LogP contribution in [0.2, 0.25) is 0 Å². The molecule has 2 rings (SSSR count). The van der Waals surface area contributed by atoms with Gasteiger partial charge in [0.15, 0.2) is 0 Å². The zero-order valence-corrected chi connectivity index (χ0v) is 15.1. The second-order valence-corrected chi connectivity index (χ2v) is 9.18. The van der Waals surface area contributed by atoms with E-state index in [4.69, 9.17) is 0 Å². The minimum absolute atomic E-state index is 0.00999.